The normalized spacial score (nSPS) is 12.9. The van der Waals surface area contributed by atoms with Gasteiger partial charge < -0.3 is 10.8 Å². The van der Waals surface area contributed by atoms with E-state index < -0.39 is 12.7 Å². The van der Waals surface area contributed by atoms with Gasteiger partial charge in [0.15, 0.2) is 0 Å². The molecule has 0 saturated carbocycles. The predicted octanol–water partition coefficient (Wildman–Crippen LogP) is 1.67. The first-order valence-corrected chi connectivity index (χ1v) is 3.76. The van der Waals surface area contributed by atoms with Gasteiger partial charge in [-0.25, -0.2) is 4.39 Å². The molecule has 0 fully saturated rings. The Kier molecular flexibility index (Phi) is 2.65. The van der Waals surface area contributed by atoms with Crippen LogP contribution in [0, 0.1) is 6.92 Å². The molecule has 0 radical (unpaired) electrons. The maximum Gasteiger partial charge on any atom is 0.120 e. The summed E-state index contributed by atoms with van der Waals surface area (Å²) in [5, 5.41) is 9.29. The fraction of sp³-hybridized carbons (Fsp3) is 0.333. The number of benzene rings is 1. The van der Waals surface area contributed by atoms with Crippen molar-refractivity contribution in [3.63, 3.8) is 0 Å². The van der Waals surface area contributed by atoms with Gasteiger partial charge in [-0.3, -0.25) is 0 Å². The van der Waals surface area contributed by atoms with Crippen LogP contribution in [0.4, 0.5) is 4.39 Å². The zero-order valence-corrected chi connectivity index (χ0v) is 6.92. The number of aromatic hydroxyl groups is 1. The first kappa shape index (κ1) is 9.00. The Bertz CT molecular complexity index is 275. The monoisotopic (exact) mass is 169 g/mol. The minimum Gasteiger partial charge on any atom is -0.508 e. The second kappa shape index (κ2) is 3.54. The van der Waals surface area contributed by atoms with Crippen molar-refractivity contribution in [1.29, 1.82) is 0 Å². The van der Waals surface area contributed by atoms with E-state index in [1.807, 2.05) is 6.92 Å². The molecule has 66 valence electrons. The van der Waals surface area contributed by atoms with Crippen molar-refractivity contribution in [3.8, 4) is 5.75 Å². The van der Waals surface area contributed by atoms with Crippen LogP contribution in [-0.2, 0) is 0 Å². The molecule has 0 aromatic heterocycles. The van der Waals surface area contributed by atoms with E-state index in [0.717, 1.165) is 5.56 Å². The van der Waals surface area contributed by atoms with Crippen molar-refractivity contribution in [2.75, 3.05) is 6.67 Å². The van der Waals surface area contributed by atoms with E-state index >= 15 is 0 Å². The predicted molar refractivity (Wildman–Crippen MR) is 45.7 cm³/mol. The maximum atomic E-state index is 12.1. The van der Waals surface area contributed by atoms with E-state index in [1.54, 1.807) is 12.1 Å². The number of phenols is 1. The molecule has 0 amide bonds. The van der Waals surface area contributed by atoms with Crippen LogP contribution in [0.25, 0.3) is 0 Å². The van der Waals surface area contributed by atoms with Crippen LogP contribution >= 0.6 is 0 Å². The van der Waals surface area contributed by atoms with Crippen LogP contribution in [0.2, 0.25) is 0 Å². The van der Waals surface area contributed by atoms with E-state index in [9.17, 15) is 9.50 Å². The van der Waals surface area contributed by atoms with E-state index in [4.69, 9.17) is 5.73 Å². The van der Waals surface area contributed by atoms with Gasteiger partial charge in [-0.05, 0) is 13.0 Å². The van der Waals surface area contributed by atoms with Gasteiger partial charge in [-0.1, -0.05) is 17.7 Å². The second-order valence-corrected chi connectivity index (χ2v) is 2.82. The van der Waals surface area contributed by atoms with Gasteiger partial charge >= 0.3 is 0 Å². The molecule has 0 saturated heterocycles. The van der Waals surface area contributed by atoms with E-state index in [1.165, 1.54) is 6.07 Å². The van der Waals surface area contributed by atoms with Gasteiger partial charge in [0.25, 0.3) is 0 Å². The number of halogens is 1. The minimum absolute atomic E-state index is 0.0609. The maximum absolute atomic E-state index is 12.1. The second-order valence-electron chi connectivity index (χ2n) is 2.82. The van der Waals surface area contributed by atoms with E-state index in [-0.39, 0.29) is 5.75 Å². The molecule has 0 bridgehead atoms. The molecule has 1 rings (SSSR count). The lowest BCUT2D eigenvalue weighted by atomic mass is 10.1. The Balaban J connectivity index is 3.04. The summed E-state index contributed by atoms with van der Waals surface area (Å²) in [6.45, 7) is 1.21. The van der Waals surface area contributed by atoms with Gasteiger partial charge in [0, 0.05) is 5.56 Å². The lowest BCUT2D eigenvalue weighted by Gasteiger charge is -2.09. The van der Waals surface area contributed by atoms with Crippen LogP contribution in [0.15, 0.2) is 18.2 Å². The summed E-state index contributed by atoms with van der Waals surface area (Å²) in [5.74, 6) is 0.0609. The quantitative estimate of drug-likeness (QED) is 0.707. The molecule has 0 spiro atoms. The van der Waals surface area contributed by atoms with Crippen molar-refractivity contribution < 1.29 is 9.50 Å². The van der Waals surface area contributed by atoms with Gasteiger partial charge in [0.1, 0.15) is 12.4 Å². The number of hydrogen-bond acceptors (Lipinski definition) is 2. The Hall–Kier alpha value is -1.09. The highest BCUT2D eigenvalue weighted by atomic mass is 19.1. The number of phenolic OH excluding ortho intramolecular Hbond substituents is 1. The molecule has 3 heteroatoms. The minimum atomic E-state index is -0.718. The third kappa shape index (κ3) is 1.74. The highest BCUT2D eigenvalue weighted by molar-refractivity contribution is 5.37. The number of aryl methyl sites for hydroxylation is 1. The molecule has 2 nitrogen and oxygen atoms in total. The molecule has 3 N–H and O–H groups in total. The molecular formula is C9H12FNO. The van der Waals surface area contributed by atoms with Crippen molar-refractivity contribution in [3.05, 3.63) is 29.3 Å². The summed E-state index contributed by atoms with van der Waals surface area (Å²) < 4.78 is 12.1. The lowest BCUT2D eigenvalue weighted by Crippen LogP contribution is -2.12. The molecule has 1 unspecified atom stereocenters. The van der Waals surface area contributed by atoms with Crippen LogP contribution in [0.5, 0.6) is 5.75 Å². The van der Waals surface area contributed by atoms with Crippen LogP contribution < -0.4 is 5.73 Å². The SMILES string of the molecule is Cc1ccc(O)c(C(N)CF)c1. The molecule has 12 heavy (non-hydrogen) atoms. The summed E-state index contributed by atoms with van der Waals surface area (Å²) >= 11 is 0. The number of hydrogen-bond donors (Lipinski definition) is 2. The van der Waals surface area contributed by atoms with E-state index in [2.05, 4.69) is 0 Å². The fourth-order valence-electron chi connectivity index (χ4n) is 1.05. The zero-order chi connectivity index (χ0) is 9.14. The Labute approximate surface area is 70.8 Å². The summed E-state index contributed by atoms with van der Waals surface area (Å²) in [6, 6.07) is 4.26. The molecule has 0 aliphatic heterocycles. The highest BCUT2D eigenvalue weighted by Crippen LogP contribution is 2.23. The van der Waals surface area contributed by atoms with Gasteiger partial charge in [0.05, 0.1) is 6.04 Å². The van der Waals surface area contributed by atoms with Gasteiger partial charge in [-0.15, -0.1) is 0 Å². The van der Waals surface area contributed by atoms with Crippen molar-refractivity contribution >= 4 is 0 Å². The Morgan fingerprint density at radius 1 is 1.58 bits per heavy atom. The average Bonchev–Trinajstić information content (AvgIpc) is 2.08. The largest absolute Gasteiger partial charge is 0.508 e. The third-order valence-corrected chi connectivity index (χ3v) is 1.75. The molecular weight excluding hydrogens is 157 g/mol. The number of rotatable bonds is 2. The Morgan fingerprint density at radius 2 is 2.25 bits per heavy atom. The first-order valence-electron chi connectivity index (χ1n) is 3.76. The van der Waals surface area contributed by atoms with Crippen molar-refractivity contribution in [2.45, 2.75) is 13.0 Å². The van der Waals surface area contributed by atoms with Gasteiger partial charge in [-0.2, -0.15) is 0 Å². The van der Waals surface area contributed by atoms with E-state index in [0.29, 0.717) is 5.56 Å². The Morgan fingerprint density at radius 3 is 2.83 bits per heavy atom. The summed E-state index contributed by atoms with van der Waals surface area (Å²) in [4.78, 5) is 0. The third-order valence-electron chi connectivity index (χ3n) is 1.75. The van der Waals surface area contributed by atoms with Crippen LogP contribution in [0.1, 0.15) is 17.2 Å². The highest BCUT2D eigenvalue weighted by Gasteiger charge is 2.09. The van der Waals surface area contributed by atoms with Crippen molar-refractivity contribution in [2.24, 2.45) is 5.73 Å². The summed E-state index contributed by atoms with van der Waals surface area (Å²) in [7, 11) is 0. The standard InChI is InChI=1S/C9H12FNO/c1-6-2-3-9(12)7(4-6)8(11)5-10/h2-4,8,12H,5,11H2,1H3. The molecule has 0 aliphatic rings. The molecule has 0 heterocycles. The van der Waals surface area contributed by atoms with Crippen LogP contribution in [0.3, 0.4) is 0 Å². The average molecular weight is 169 g/mol. The number of alkyl halides is 1. The fourth-order valence-corrected chi connectivity index (χ4v) is 1.05. The van der Waals surface area contributed by atoms with Crippen LogP contribution in [-0.4, -0.2) is 11.8 Å². The summed E-state index contributed by atoms with van der Waals surface area (Å²) in [5.41, 5.74) is 6.86. The van der Waals surface area contributed by atoms with Gasteiger partial charge in [0.2, 0.25) is 0 Å². The number of nitrogens with two attached hydrogens (primary N) is 1. The molecule has 1 aromatic carbocycles. The smallest absolute Gasteiger partial charge is 0.120 e. The molecule has 0 aliphatic carbocycles. The lowest BCUT2D eigenvalue weighted by molar-refractivity contribution is 0.414. The molecule has 1 aromatic rings. The summed E-state index contributed by atoms with van der Waals surface area (Å²) in [6.07, 6.45) is 0. The molecule has 1 atom stereocenters. The van der Waals surface area contributed by atoms with Crippen molar-refractivity contribution in [1.82, 2.24) is 0 Å². The first-order chi connectivity index (χ1) is 5.65. The zero-order valence-electron chi connectivity index (χ0n) is 6.92. The topological polar surface area (TPSA) is 46.2 Å².